The van der Waals surface area contributed by atoms with E-state index in [0.29, 0.717) is 6.42 Å². The number of nitrogens with one attached hydrogen (secondary N) is 1. The van der Waals surface area contributed by atoms with Crippen LogP contribution >= 0.6 is 11.3 Å². The zero-order valence-electron chi connectivity index (χ0n) is 15.7. The van der Waals surface area contributed by atoms with Crippen LogP contribution in [0.5, 0.6) is 0 Å². The average Bonchev–Trinajstić information content (AvgIpc) is 3.02. The Labute approximate surface area is 159 Å². The molecule has 0 atom stereocenters. The molecular weight excluding hydrogens is 346 g/mol. The predicted octanol–water partition coefficient (Wildman–Crippen LogP) is 3.45. The van der Waals surface area contributed by atoms with Crippen LogP contribution in [-0.4, -0.2) is 42.1 Å². The van der Waals surface area contributed by atoms with Gasteiger partial charge in [-0.3, -0.25) is 9.69 Å². The van der Waals surface area contributed by atoms with Crippen molar-refractivity contribution >= 4 is 22.9 Å². The lowest BCUT2D eigenvalue weighted by atomic mass is 9.87. The van der Waals surface area contributed by atoms with E-state index in [2.05, 4.69) is 48.1 Å². The largest absolute Gasteiger partial charge is 0.379 e. The standard InChI is InChI=1S/C20H27N3O2S/c1-20(2,3)15-4-6-16(7-5-15)21-18(24)12-17-14-26-19(22-17)13-23-8-10-25-11-9-23/h4-7,14H,8-13H2,1-3H3,(H,21,24). The van der Waals surface area contributed by atoms with E-state index in [1.807, 2.05) is 17.5 Å². The Kier molecular flexibility index (Phi) is 6.06. The first-order valence-corrected chi connectivity index (χ1v) is 9.92. The van der Waals surface area contributed by atoms with Crippen LogP contribution in [-0.2, 0) is 27.9 Å². The fraction of sp³-hybridized carbons (Fsp3) is 0.500. The zero-order chi connectivity index (χ0) is 18.6. The molecule has 1 fully saturated rings. The first-order chi connectivity index (χ1) is 12.4. The topological polar surface area (TPSA) is 54.5 Å². The highest BCUT2D eigenvalue weighted by Gasteiger charge is 2.15. The molecule has 1 aromatic heterocycles. The highest BCUT2D eigenvalue weighted by atomic mass is 32.1. The van der Waals surface area contributed by atoms with Crippen molar-refractivity contribution in [2.75, 3.05) is 31.6 Å². The molecule has 1 saturated heterocycles. The van der Waals surface area contributed by atoms with E-state index in [4.69, 9.17) is 4.74 Å². The van der Waals surface area contributed by atoms with E-state index in [0.717, 1.165) is 49.2 Å². The molecular formula is C20H27N3O2S. The molecule has 1 aliphatic rings. The molecule has 0 spiro atoms. The summed E-state index contributed by atoms with van der Waals surface area (Å²) >= 11 is 1.62. The maximum absolute atomic E-state index is 12.3. The maximum Gasteiger partial charge on any atom is 0.230 e. The fourth-order valence-corrected chi connectivity index (χ4v) is 3.71. The van der Waals surface area contributed by atoms with Crippen molar-refractivity contribution in [1.82, 2.24) is 9.88 Å². The minimum absolute atomic E-state index is 0.0308. The van der Waals surface area contributed by atoms with Gasteiger partial charge in [0.15, 0.2) is 0 Å². The number of nitrogens with zero attached hydrogens (tertiary/aromatic N) is 2. The molecule has 26 heavy (non-hydrogen) atoms. The molecule has 0 aliphatic carbocycles. The summed E-state index contributed by atoms with van der Waals surface area (Å²) in [5.41, 5.74) is 3.02. The molecule has 0 bridgehead atoms. The summed E-state index contributed by atoms with van der Waals surface area (Å²) < 4.78 is 5.37. The van der Waals surface area contributed by atoms with Gasteiger partial charge < -0.3 is 10.1 Å². The second kappa shape index (κ2) is 8.29. The van der Waals surface area contributed by atoms with Crippen LogP contribution in [0.3, 0.4) is 0 Å². The monoisotopic (exact) mass is 373 g/mol. The van der Waals surface area contributed by atoms with E-state index in [1.54, 1.807) is 11.3 Å². The van der Waals surface area contributed by atoms with Gasteiger partial charge in [0, 0.05) is 24.2 Å². The van der Waals surface area contributed by atoms with E-state index in [9.17, 15) is 4.79 Å². The van der Waals surface area contributed by atoms with Gasteiger partial charge in [0.2, 0.25) is 5.91 Å². The van der Waals surface area contributed by atoms with E-state index in [1.165, 1.54) is 5.56 Å². The number of hydrogen-bond donors (Lipinski definition) is 1. The third-order valence-electron chi connectivity index (χ3n) is 4.44. The Hall–Kier alpha value is -1.76. The highest BCUT2D eigenvalue weighted by Crippen LogP contribution is 2.23. The number of carbonyl (C=O) groups excluding carboxylic acids is 1. The molecule has 1 amide bonds. The third kappa shape index (κ3) is 5.37. The molecule has 1 aromatic carbocycles. The lowest BCUT2D eigenvalue weighted by molar-refractivity contribution is -0.115. The number of ether oxygens (including phenoxy) is 1. The molecule has 1 N–H and O–H groups in total. The number of rotatable bonds is 5. The van der Waals surface area contributed by atoms with Crippen molar-refractivity contribution in [3.63, 3.8) is 0 Å². The lowest BCUT2D eigenvalue weighted by Crippen LogP contribution is -2.35. The SMILES string of the molecule is CC(C)(C)c1ccc(NC(=O)Cc2csc(CN3CCOCC3)n2)cc1. The van der Waals surface area contributed by atoms with Gasteiger partial charge in [-0.25, -0.2) is 4.98 Å². The Bertz CT molecular complexity index is 728. The van der Waals surface area contributed by atoms with Gasteiger partial charge in [-0.1, -0.05) is 32.9 Å². The van der Waals surface area contributed by atoms with Gasteiger partial charge in [-0.2, -0.15) is 0 Å². The van der Waals surface area contributed by atoms with Crippen LogP contribution in [0.25, 0.3) is 0 Å². The predicted molar refractivity (Wildman–Crippen MR) is 106 cm³/mol. The molecule has 6 heteroatoms. The van der Waals surface area contributed by atoms with Gasteiger partial charge in [0.1, 0.15) is 5.01 Å². The second-order valence-corrected chi connectivity index (χ2v) is 8.62. The number of hydrogen-bond acceptors (Lipinski definition) is 5. The van der Waals surface area contributed by atoms with Crippen LogP contribution in [0.15, 0.2) is 29.6 Å². The van der Waals surface area contributed by atoms with Crippen molar-refractivity contribution in [1.29, 1.82) is 0 Å². The van der Waals surface area contributed by atoms with Gasteiger partial charge in [0.05, 0.1) is 31.9 Å². The van der Waals surface area contributed by atoms with Crippen LogP contribution in [0.1, 0.15) is 37.0 Å². The first-order valence-electron chi connectivity index (χ1n) is 9.04. The Morgan fingerprint density at radius 1 is 1.23 bits per heavy atom. The number of benzene rings is 1. The molecule has 2 aromatic rings. The van der Waals surface area contributed by atoms with Crippen molar-refractivity contribution in [2.24, 2.45) is 0 Å². The summed E-state index contributed by atoms with van der Waals surface area (Å²) in [4.78, 5) is 19.2. The summed E-state index contributed by atoms with van der Waals surface area (Å²) in [5, 5.41) is 6.00. The third-order valence-corrected chi connectivity index (χ3v) is 5.32. The molecule has 0 saturated carbocycles. The molecule has 5 nitrogen and oxygen atoms in total. The molecule has 140 valence electrons. The van der Waals surface area contributed by atoms with Crippen molar-refractivity contribution in [3.8, 4) is 0 Å². The molecule has 0 radical (unpaired) electrons. The van der Waals surface area contributed by atoms with Crippen LogP contribution in [0.2, 0.25) is 0 Å². The Morgan fingerprint density at radius 2 is 1.92 bits per heavy atom. The molecule has 0 unspecified atom stereocenters. The number of anilines is 1. The smallest absolute Gasteiger partial charge is 0.230 e. The van der Waals surface area contributed by atoms with Crippen LogP contribution in [0.4, 0.5) is 5.69 Å². The van der Waals surface area contributed by atoms with Gasteiger partial charge in [-0.15, -0.1) is 11.3 Å². The van der Waals surface area contributed by atoms with Gasteiger partial charge >= 0.3 is 0 Å². The maximum atomic E-state index is 12.3. The molecule has 2 heterocycles. The van der Waals surface area contributed by atoms with E-state index < -0.39 is 0 Å². The normalized spacial score (nSPS) is 15.8. The fourth-order valence-electron chi connectivity index (χ4n) is 2.88. The van der Waals surface area contributed by atoms with Gasteiger partial charge in [0.25, 0.3) is 0 Å². The summed E-state index contributed by atoms with van der Waals surface area (Å²) in [5.74, 6) is -0.0308. The highest BCUT2D eigenvalue weighted by molar-refractivity contribution is 7.09. The summed E-state index contributed by atoms with van der Waals surface area (Å²) in [6.07, 6.45) is 0.306. The van der Waals surface area contributed by atoms with E-state index >= 15 is 0 Å². The summed E-state index contributed by atoms with van der Waals surface area (Å²) in [7, 11) is 0. The van der Waals surface area contributed by atoms with Gasteiger partial charge in [-0.05, 0) is 23.1 Å². The molecule has 3 rings (SSSR count). The van der Waals surface area contributed by atoms with Crippen LogP contribution in [0, 0.1) is 0 Å². The second-order valence-electron chi connectivity index (χ2n) is 7.67. The minimum Gasteiger partial charge on any atom is -0.379 e. The molecule has 1 aliphatic heterocycles. The first kappa shape index (κ1) is 19.0. The summed E-state index contributed by atoms with van der Waals surface area (Å²) in [6.45, 7) is 10.8. The number of thiazole rings is 1. The number of morpholine rings is 1. The average molecular weight is 374 g/mol. The minimum atomic E-state index is -0.0308. The van der Waals surface area contributed by atoms with Crippen LogP contribution < -0.4 is 5.32 Å². The zero-order valence-corrected chi connectivity index (χ0v) is 16.6. The van der Waals surface area contributed by atoms with Crippen molar-refractivity contribution in [2.45, 2.75) is 39.2 Å². The van der Waals surface area contributed by atoms with E-state index in [-0.39, 0.29) is 11.3 Å². The lowest BCUT2D eigenvalue weighted by Gasteiger charge is -2.25. The quantitative estimate of drug-likeness (QED) is 0.872. The van der Waals surface area contributed by atoms with Crippen molar-refractivity contribution in [3.05, 3.63) is 45.9 Å². The number of amides is 1. The Balaban J connectivity index is 1.51. The number of carbonyl (C=O) groups is 1. The Morgan fingerprint density at radius 3 is 2.58 bits per heavy atom. The summed E-state index contributed by atoms with van der Waals surface area (Å²) in [6, 6.07) is 8.06. The van der Waals surface area contributed by atoms with Crippen molar-refractivity contribution < 1.29 is 9.53 Å². The number of aromatic nitrogens is 1.